The van der Waals surface area contributed by atoms with Crippen molar-refractivity contribution >= 4 is 32.3 Å². The predicted octanol–water partition coefficient (Wildman–Crippen LogP) is 16.6. The Kier molecular flexibility index (Phi) is 9.11. The van der Waals surface area contributed by atoms with Crippen LogP contribution in [0.15, 0.2) is 255 Å². The van der Waals surface area contributed by atoms with Crippen LogP contribution in [0.1, 0.15) is 22.3 Å². The number of hydrogen-bond donors (Lipinski definition) is 0. The zero-order valence-corrected chi connectivity index (χ0v) is 36.6. The molecule has 0 fully saturated rings. The van der Waals surface area contributed by atoms with Gasteiger partial charge in [0.1, 0.15) is 0 Å². The van der Waals surface area contributed by atoms with Crippen LogP contribution in [0.5, 0.6) is 0 Å². The van der Waals surface area contributed by atoms with E-state index in [2.05, 4.69) is 249 Å². The van der Waals surface area contributed by atoms with E-state index in [9.17, 15) is 0 Å². The summed E-state index contributed by atoms with van der Waals surface area (Å²) in [6, 6.07) is 92.4. The second kappa shape index (κ2) is 15.8. The second-order valence-corrected chi connectivity index (χ2v) is 17.6. The predicted molar refractivity (Wildman–Crippen MR) is 279 cm³/mol. The zero-order valence-electron chi connectivity index (χ0n) is 36.6. The summed E-state index contributed by atoms with van der Waals surface area (Å²) in [5, 5.41) is 7.60. The summed E-state index contributed by atoms with van der Waals surface area (Å²) in [6.45, 7) is 0. The monoisotopic (exact) mass is 850 g/mol. The van der Waals surface area contributed by atoms with Crippen molar-refractivity contribution in [2.45, 2.75) is 5.41 Å². The van der Waals surface area contributed by atoms with Gasteiger partial charge in [-0.05, 0) is 106 Å². The van der Waals surface area contributed by atoms with Gasteiger partial charge in [0.25, 0.3) is 0 Å². The lowest BCUT2D eigenvalue weighted by Gasteiger charge is -2.34. The van der Waals surface area contributed by atoms with Gasteiger partial charge >= 0.3 is 0 Å². The van der Waals surface area contributed by atoms with Gasteiger partial charge < -0.3 is 0 Å². The Bertz CT molecular complexity index is 3780. The van der Waals surface area contributed by atoms with E-state index < -0.39 is 5.41 Å². The maximum absolute atomic E-state index is 5.31. The average molecular weight is 851 g/mol. The van der Waals surface area contributed by atoms with E-state index >= 15 is 0 Å². The number of aromatic nitrogens is 2. The largest absolute Gasteiger partial charge is 0.228 e. The molecule has 13 rings (SSSR count). The third-order valence-electron chi connectivity index (χ3n) is 14.0. The van der Waals surface area contributed by atoms with Gasteiger partial charge in [0.05, 0.1) is 16.8 Å². The molecular weight excluding hydrogens is 809 g/mol. The van der Waals surface area contributed by atoms with Crippen LogP contribution in [-0.4, -0.2) is 9.97 Å². The van der Waals surface area contributed by atoms with Gasteiger partial charge in [0.2, 0.25) is 0 Å². The fraction of sp³-hybridized carbons (Fsp3) is 0.0154. The van der Waals surface area contributed by atoms with E-state index in [0.717, 1.165) is 39.2 Å². The molecule has 1 heterocycles. The number of rotatable bonds is 7. The van der Waals surface area contributed by atoms with E-state index in [-0.39, 0.29) is 0 Å². The highest BCUT2D eigenvalue weighted by molar-refractivity contribution is 6.20. The fourth-order valence-electron chi connectivity index (χ4n) is 10.9. The van der Waals surface area contributed by atoms with Crippen molar-refractivity contribution in [1.29, 1.82) is 0 Å². The van der Waals surface area contributed by atoms with Gasteiger partial charge in [-0.25, -0.2) is 9.97 Å². The summed E-state index contributed by atoms with van der Waals surface area (Å²) in [4.78, 5) is 10.5. The quantitative estimate of drug-likeness (QED) is 0.118. The minimum atomic E-state index is -0.506. The molecule has 0 radical (unpaired) electrons. The summed E-state index contributed by atoms with van der Waals surface area (Å²) < 4.78 is 0. The fourth-order valence-corrected chi connectivity index (χ4v) is 10.9. The lowest BCUT2D eigenvalue weighted by Crippen LogP contribution is -2.28. The molecule has 0 atom stereocenters. The molecule has 0 amide bonds. The molecule has 0 saturated carbocycles. The smallest absolute Gasteiger partial charge is 0.160 e. The zero-order chi connectivity index (χ0) is 44.3. The first-order chi connectivity index (χ1) is 33.2. The van der Waals surface area contributed by atoms with E-state index in [0.29, 0.717) is 5.82 Å². The molecule has 1 aliphatic carbocycles. The number of hydrogen-bond acceptors (Lipinski definition) is 2. The van der Waals surface area contributed by atoms with Crippen molar-refractivity contribution in [3.05, 3.63) is 277 Å². The van der Waals surface area contributed by atoms with Crippen molar-refractivity contribution in [3.8, 4) is 67.3 Å². The van der Waals surface area contributed by atoms with Crippen LogP contribution >= 0.6 is 0 Å². The van der Waals surface area contributed by atoms with Crippen molar-refractivity contribution in [2.75, 3.05) is 0 Å². The minimum absolute atomic E-state index is 0.506. The van der Waals surface area contributed by atoms with Gasteiger partial charge in [-0.2, -0.15) is 0 Å². The summed E-state index contributed by atoms with van der Waals surface area (Å²) in [6.07, 6.45) is 0. The van der Waals surface area contributed by atoms with Gasteiger partial charge in [0, 0.05) is 16.7 Å². The van der Waals surface area contributed by atoms with Crippen LogP contribution in [0.25, 0.3) is 99.6 Å². The first-order valence-corrected chi connectivity index (χ1v) is 23.1. The molecular formula is C65H42N2. The van der Waals surface area contributed by atoms with Crippen LogP contribution in [0.2, 0.25) is 0 Å². The van der Waals surface area contributed by atoms with E-state index in [1.54, 1.807) is 0 Å². The average Bonchev–Trinajstić information content (AvgIpc) is 3.71. The van der Waals surface area contributed by atoms with E-state index in [1.807, 2.05) is 6.07 Å². The van der Waals surface area contributed by atoms with Crippen molar-refractivity contribution in [1.82, 2.24) is 9.97 Å². The van der Waals surface area contributed by atoms with Crippen LogP contribution < -0.4 is 0 Å². The summed E-state index contributed by atoms with van der Waals surface area (Å²) in [5.41, 5.74) is 16.6. The molecule has 2 nitrogen and oxygen atoms in total. The maximum atomic E-state index is 5.31. The highest BCUT2D eigenvalue weighted by atomic mass is 14.9. The molecule has 312 valence electrons. The van der Waals surface area contributed by atoms with Gasteiger partial charge in [-0.1, -0.05) is 237 Å². The molecule has 0 bridgehead atoms. The summed E-state index contributed by atoms with van der Waals surface area (Å²) >= 11 is 0. The first-order valence-electron chi connectivity index (χ1n) is 23.1. The van der Waals surface area contributed by atoms with Gasteiger partial charge in [-0.3, -0.25) is 0 Å². The minimum Gasteiger partial charge on any atom is -0.228 e. The van der Waals surface area contributed by atoms with Crippen molar-refractivity contribution in [2.24, 2.45) is 0 Å². The van der Waals surface area contributed by atoms with Crippen LogP contribution in [0.4, 0.5) is 0 Å². The number of nitrogens with zero attached hydrogens (tertiary/aromatic N) is 2. The van der Waals surface area contributed by atoms with Crippen molar-refractivity contribution < 1.29 is 0 Å². The Balaban J connectivity index is 0.901. The molecule has 1 aliphatic rings. The Morgan fingerprint density at radius 3 is 1.49 bits per heavy atom. The Morgan fingerprint density at radius 1 is 0.269 bits per heavy atom. The third kappa shape index (κ3) is 6.33. The van der Waals surface area contributed by atoms with E-state index in [1.165, 1.54) is 76.8 Å². The molecule has 0 unspecified atom stereocenters. The normalized spacial score (nSPS) is 12.6. The summed E-state index contributed by atoms with van der Waals surface area (Å²) in [7, 11) is 0. The number of fused-ring (bicyclic) bond motifs is 7. The number of benzene rings is 11. The van der Waals surface area contributed by atoms with Crippen LogP contribution in [0.3, 0.4) is 0 Å². The molecule has 0 N–H and O–H groups in total. The van der Waals surface area contributed by atoms with Gasteiger partial charge in [-0.15, -0.1) is 0 Å². The maximum Gasteiger partial charge on any atom is 0.160 e. The standard InChI is InChI=1S/C65H42N2/c1-4-17-48(18-5-1)64-66-61(42-62(67-64)50-37-38-56-55-26-14-15-27-59(55)65(60(56)41-50,51-20-6-2-7-21-51)52-22-8-3-9-23-52)46-32-28-43(29-33-46)44-30-34-47(35-31-44)63-54-25-13-11-19-49(54)40-58-53-24-12-10-16-45(53)36-39-57(58)63/h1-42H. The third-order valence-corrected chi connectivity index (χ3v) is 14.0. The molecule has 12 aromatic rings. The van der Waals surface area contributed by atoms with Crippen LogP contribution in [-0.2, 0) is 5.41 Å². The van der Waals surface area contributed by atoms with Crippen LogP contribution in [0, 0.1) is 0 Å². The highest BCUT2D eigenvalue weighted by Crippen LogP contribution is 2.56. The Morgan fingerprint density at radius 2 is 0.791 bits per heavy atom. The second-order valence-electron chi connectivity index (χ2n) is 17.6. The lowest BCUT2D eigenvalue weighted by molar-refractivity contribution is 0.768. The molecule has 0 saturated heterocycles. The molecule has 0 spiro atoms. The SMILES string of the molecule is c1ccc(-c2nc(-c3ccc(-c4ccc(-c5c6ccccc6cc6c5ccc5ccccc56)cc4)cc3)cc(-c3ccc4c(c3)C(c3ccccc3)(c3ccccc3)c3ccccc3-4)n2)cc1. The first kappa shape index (κ1) is 38.7. The lowest BCUT2D eigenvalue weighted by atomic mass is 9.67. The highest BCUT2D eigenvalue weighted by Gasteiger charge is 2.46. The molecule has 67 heavy (non-hydrogen) atoms. The molecule has 0 aliphatic heterocycles. The molecule has 11 aromatic carbocycles. The van der Waals surface area contributed by atoms with E-state index in [4.69, 9.17) is 9.97 Å². The molecule has 1 aromatic heterocycles. The topological polar surface area (TPSA) is 25.8 Å². The van der Waals surface area contributed by atoms with Crippen molar-refractivity contribution in [3.63, 3.8) is 0 Å². The summed E-state index contributed by atoms with van der Waals surface area (Å²) in [5.74, 6) is 0.697. The Hall–Kier alpha value is -8.72. The molecule has 2 heteroatoms. The van der Waals surface area contributed by atoms with Gasteiger partial charge in [0.15, 0.2) is 5.82 Å². The Labute approximate surface area is 390 Å².